The summed E-state index contributed by atoms with van der Waals surface area (Å²) in [5.41, 5.74) is 5.76. The maximum Gasteiger partial charge on any atom is 0.307 e. The first-order valence-electron chi connectivity index (χ1n) is 4.94. The Bertz CT molecular complexity index is 605. The van der Waals surface area contributed by atoms with Gasteiger partial charge in [0.1, 0.15) is 0 Å². The van der Waals surface area contributed by atoms with E-state index in [0.717, 1.165) is 21.6 Å². The van der Waals surface area contributed by atoms with Crippen LogP contribution < -0.4 is 10.3 Å². The predicted molar refractivity (Wildman–Crippen MR) is 69.5 cm³/mol. The number of aromatic nitrogens is 1. The molecule has 0 amide bonds. The molecule has 0 radical (unpaired) electrons. The third kappa shape index (κ3) is 1.99. The summed E-state index contributed by atoms with van der Waals surface area (Å²) in [5.74, 6) is 0. The molecular formula is C11H13N3OS. The summed E-state index contributed by atoms with van der Waals surface area (Å²) >= 11 is 1.25. The molecule has 0 atom stereocenters. The van der Waals surface area contributed by atoms with Crippen molar-refractivity contribution >= 4 is 33.0 Å². The van der Waals surface area contributed by atoms with E-state index in [9.17, 15) is 4.79 Å². The highest BCUT2D eigenvalue weighted by Gasteiger charge is 2.03. The van der Waals surface area contributed by atoms with Crippen LogP contribution in [0.1, 0.15) is 13.8 Å². The molecule has 0 aliphatic carbocycles. The van der Waals surface area contributed by atoms with E-state index in [4.69, 9.17) is 0 Å². The molecule has 4 nitrogen and oxygen atoms in total. The standard InChI is InChI=1S/C11H13N3OS/c1-7(2)12-13-8-4-5-9-10(6-8)16-11(15)14(9)3/h4-6,13H,1-3H3. The minimum absolute atomic E-state index is 0.0577. The Morgan fingerprint density at radius 1 is 1.44 bits per heavy atom. The Morgan fingerprint density at radius 3 is 2.88 bits per heavy atom. The number of fused-ring (bicyclic) bond motifs is 1. The first-order valence-corrected chi connectivity index (χ1v) is 5.76. The first kappa shape index (κ1) is 10.9. The van der Waals surface area contributed by atoms with E-state index in [1.807, 2.05) is 32.0 Å². The number of thiazole rings is 1. The molecular weight excluding hydrogens is 222 g/mol. The van der Waals surface area contributed by atoms with Crippen LogP contribution in [0.25, 0.3) is 10.2 Å². The maximum absolute atomic E-state index is 11.4. The molecule has 0 bridgehead atoms. The van der Waals surface area contributed by atoms with Gasteiger partial charge >= 0.3 is 4.87 Å². The number of nitrogens with one attached hydrogen (secondary N) is 1. The molecule has 1 aromatic heterocycles. The lowest BCUT2D eigenvalue weighted by molar-refractivity contribution is 0.939. The summed E-state index contributed by atoms with van der Waals surface area (Å²) < 4.78 is 2.62. The minimum Gasteiger partial charge on any atom is -0.302 e. The molecule has 0 saturated heterocycles. The highest BCUT2D eigenvalue weighted by Crippen LogP contribution is 2.20. The molecule has 0 aliphatic rings. The van der Waals surface area contributed by atoms with Crippen LogP contribution in [0.2, 0.25) is 0 Å². The van der Waals surface area contributed by atoms with Crippen LogP contribution in [0, 0.1) is 0 Å². The van der Waals surface area contributed by atoms with Crippen LogP contribution in [0.5, 0.6) is 0 Å². The molecule has 1 N–H and O–H groups in total. The van der Waals surface area contributed by atoms with E-state index in [2.05, 4.69) is 10.5 Å². The molecule has 0 saturated carbocycles. The lowest BCUT2D eigenvalue weighted by Crippen LogP contribution is -2.06. The first-order chi connectivity index (χ1) is 7.58. The van der Waals surface area contributed by atoms with E-state index >= 15 is 0 Å². The summed E-state index contributed by atoms with van der Waals surface area (Å²) in [6.07, 6.45) is 0. The van der Waals surface area contributed by atoms with Gasteiger partial charge in [-0.15, -0.1) is 0 Å². The average molecular weight is 235 g/mol. The Labute approximate surface area is 97.2 Å². The van der Waals surface area contributed by atoms with Crippen molar-refractivity contribution in [1.82, 2.24) is 4.57 Å². The van der Waals surface area contributed by atoms with E-state index in [1.165, 1.54) is 11.3 Å². The van der Waals surface area contributed by atoms with Gasteiger partial charge in [-0.1, -0.05) is 11.3 Å². The van der Waals surface area contributed by atoms with Crippen LogP contribution in [0.3, 0.4) is 0 Å². The van der Waals surface area contributed by atoms with Crippen LogP contribution in [-0.2, 0) is 7.05 Å². The molecule has 1 aromatic carbocycles. The van der Waals surface area contributed by atoms with Gasteiger partial charge in [0, 0.05) is 12.8 Å². The van der Waals surface area contributed by atoms with E-state index in [1.54, 1.807) is 11.6 Å². The van der Waals surface area contributed by atoms with Gasteiger partial charge in [0.25, 0.3) is 0 Å². The summed E-state index contributed by atoms with van der Waals surface area (Å²) in [7, 11) is 1.78. The molecule has 1 heterocycles. The fourth-order valence-corrected chi connectivity index (χ4v) is 2.30. The Morgan fingerprint density at radius 2 is 2.19 bits per heavy atom. The number of nitrogens with zero attached hydrogens (tertiary/aromatic N) is 2. The quantitative estimate of drug-likeness (QED) is 0.642. The average Bonchev–Trinajstić information content (AvgIpc) is 2.52. The zero-order chi connectivity index (χ0) is 11.7. The number of benzene rings is 1. The van der Waals surface area contributed by atoms with Gasteiger partial charge < -0.3 is 4.57 Å². The van der Waals surface area contributed by atoms with E-state index in [0.29, 0.717) is 0 Å². The second kappa shape index (κ2) is 4.09. The van der Waals surface area contributed by atoms with Crippen LogP contribution in [0.15, 0.2) is 28.1 Å². The van der Waals surface area contributed by atoms with Crippen LogP contribution >= 0.6 is 11.3 Å². The van der Waals surface area contributed by atoms with Crippen molar-refractivity contribution in [1.29, 1.82) is 0 Å². The molecule has 16 heavy (non-hydrogen) atoms. The van der Waals surface area contributed by atoms with Crippen LogP contribution in [-0.4, -0.2) is 10.3 Å². The summed E-state index contributed by atoms with van der Waals surface area (Å²) in [6, 6.07) is 5.78. The molecule has 0 fully saturated rings. The maximum atomic E-state index is 11.4. The molecule has 0 aliphatic heterocycles. The topological polar surface area (TPSA) is 46.4 Å². The third-order valence-corrected chi connectivity index (χ3v) is 3.20. The number of hydrogen-bond acceptors (Lipinski definition) is 4. The Kier molecular flexibility index (Phi) is 2.78. The van der Waals surface area contributed by atoms with Gasteiger partial charge in [-0.2, -0.15) is 5.10 Å². The monoisotopic (exact) mass is 235 g/mol. The zero-order valence-electron chi connectivity index (χ0n) is 9.44. The molecule has 84 valence electrons. The van der Waals surface area contributed by atoms with Crippen molar-refractivity contribution in [3.63, 3.8) is 0 Å². The van der Waals surface area contributed by atoms with Gasteiger partial charge in [-0.3, -0.25) is 10.2 Å². The fourth-order valence-electron chi connectivity index (χ4n) is 1.38. The highest BCUT2D eigenvalue weighted by atomic mass is 32.1. The molecule has 2 aromatic rings. The number of anilines is 1. The van der Waals surface area contributed by atoms with E-state index in [-0.39, 0.29) is 4.87 Å². The highest BCUT2D eigenvalue weighted by molar-refractivity contribution is 7.16. The van der Waals surface area contributed by atoms with Gasteiger partial charge in [0.15, 0.2) is 0 Å². The smallest absolute Gasteiger partial charge is 0.302 e. The fraction of sp³-hybridized carbons (Fsp3) is 0.273. The normalized spacial score (nSPS) is 10.4. The predicted octanol–water partition coefficient (Wildman–Crippen LogP) is 2.41. The lowest BCUT2D eigenvalue weighted by atomic mass is 10.3. The van der Waals surface area contributed by atoms with Gasteiger partial charge in [0.2, 0.25) is 0 Å². The van der Waals surface area contributed by atoms with E-state index < -0.39 is 0 Å². The zero-order valence-corrected chi connectivity index (χ0v) is 10.3. The minimum atomic E-state index is 0.0577. The number of rotatable bonds is 2. The SMILES string of the molecule is CC(C)=NNc1ccc2c(c1)sc(=O)n2C. The van der Waals surface area contributed by atoms with Crippen molar-refractivity contribution in [2.75, 3.05) is 5.43 Å². The summed E-state index contributed by atoms with van der Waals surface area (Å²) in [4.78, 5) is 11.5. The van der Waals surface area contributed by atoms with Crippen molar-refractivity contribution in [3.8, 4) is 0 Å². The van der Waals surface area contributed by atoms with Crippen molar-refractivity contribution in [2.45, 2.75) is 13.8 Å². The second-order valence-corrected chi connectivity index (χ2v) is 4.77. The largest absolute Gasteiger partial charge is 0.307 e. The number of hydrazone groups is 1. The Balaban J connectivity index is 2.45. The second-order valence-electron chi connectivity index (χ2n) is 3.78. The van der Waals surface area contributed by atoms with Crippen LogP contribution in [0.4, 0.5) is 5.69 Å². The summed E-state index contributed by atoms with van der Waals surface area (Å²) in [6.45, 7) is 3.85. The van der Waals surface area contributed by atoms with Crippen molar-refractivity contribution in [3.05, 3.63) is 27.9 Å². The molecule has 0 unspecified atom stereocenters. The molecule has 2 rings (SSSR count). The van der Waals surface area contributed by atoms with Crippen molar-refractivity contribution in [2.24, 2.45) is 12.1 Å². The molecule has 0 spiro atoms. The van der Waals surface area contributed by atoms with Gasteiger partial charge in [0.05, 0.1) is 15.9 Å². The number of hydrogen-bond donors (Lipinski definition) is 1. The third-order valence-electron chi connectivity index (χ3n) is 2.20. The molecule has 5 heteroatoms. The summed E-state index contributed by atoms with van der Waals surface area (Å²) in [5, 5.41) is 4.12. The van der Waals surface area contributed by atoms with Gasteiger partial charge in [-0.05, 0) is 32.0 Å². The number of aryl methyl sites for hydroxylation is 1. The van der Waals surface area contributed by atoms with Gasteiger partial charge in [-0.25, -0.2) is 0 Å². The lowest BCUT2D eigenvalue weighted by Gasteiger charge is -2.01. The van der Waals surface area contributed by atoms with Crippen molar-refractivity contribution < 1.29 is 0 Å². The Hall–Kier alpha value is -1.62.